The van der Waals surface area contributed by atoms with Crippen LogP contribution in [0, 0.1) is 11.3 Å². The van der Waals surface area contributed by atoms with Gasteiger partial charge in [0, 0.05) is 13.0 Å². The van der Waals surface area contributed by atoms with Crippen molar-refractivity contribution in [3.05, 3.63) is 40.9 Å². The molecule has 0 aliphatic carbocycles. The van der Waals surface area contributed by atoms with E-state index in [1.165, 1.54) is 29.5 Å². The molecule has 0 bridgehead atoms. The molecule has 3 heterocycles. The lowest BCUT2D eigenvalue weighted by Crippen LogP contribution is -2.03. The van der Waals surface area contributed by atoms with Gasteiger partial charge in [0.15, 0.2) is 5.16 Å². The fraction of sp³-hybridized carbons (Fsp3) is 0.333. The molecule has 0 spiro atoms. The van der Waals surface area contributed by atoms with E-state index >= 15 is 0 Å². The van der Waals surface area contributed by atoms with Crippen LogP contribution in [0.3, 0.4) is 0 Å². The Morgan fingerprint density at radius 3 is 3.00 bits per heavy atom. The van der Waals surface area contributed by atoms with Crippen LogP contribution in [0.4, 0.5) is 0 Å². The average molecular weight is 384 g/mol. The first-order chi connectivity index (χ1) is 12.8. The van der Waals surface area contributed by atoms with Crippen molar-refractivity contribution >= 4 is 38.9 Å². The van der Waals surface area contributed by atoms with Gasteiger partial charge < -0.3 is 9.67 Å². The molecule has 0 saturated heterocycles. The van der Waals surface area contributed by atoms with Gasteiger partial charge in [0.2, 0.25) is 0 Å². The van der Waals surface area contributed by atoms with Gasteiger partial charge in [-0.2, -0.15) is 5.26 Å². The van der Waals surface area contributed by atoms with Gasteiger partial charge in [-0.1, -0.05) is 30.3 Å². The third-order valence-corrected chi connectivity index (χ3v) is 6.35. The number of rotatable bonds is 4. The third-order valence-electron chi connectivity index (χ3n) is 4.32. The van der Waals surface area contributed by atoms with Crippen molar-refractivity contribution in [1.82, 2.24) is 19.7 Å². The number of thioether (sulfide) groups is 1. The first kappa shape index (κ1) is 17.1. The molecule has 6 nitrogen and oxygen atoms in total. The lowest BCUT2D eigenvalue weighted by atomic mass is 10.2. The van der Waals surface area contributed by atoms with E-state index in [2.05, 4.69) is 25.8 Å². The van der Waals surface area contributed by atoms with Crippen LogP contribution in [0.25, 0.3) is 15.8 Å². The van der Waals surface area contributed by atoms with Crippen molar-refractivity contribution in [3.63, 3.8) is 0 Å². The summed E-state index contributed by atoms with van der Waals surface area (Å²) in [5, 5.41) is 29.9. The van der Waals surface area contributed by atoms with Crippen LogP contribution in [0.2, 0.25) is 0 Å². The predicted octanol–water partition coefficient (Wildman–Crippen LogP) is 4.20. The second-order valence-electron chi connectivity index (χ2n) is 6.07. The molecule has 0 amide bonds. The second-order valence-corrected chi connectivity index (χ2v) is 8.04. The highest BCUT2D eigenvalue weighted by Gasteiger charge is 2.18. The number of aliphatic hydroxyl groups excluding tert-OH is 1. The van der Waals surface area contributed by atoms with Gasteiger partial charge >= 0.3 is 0 Å². The normalized spacial score (nSPS) is 15.2. The molecule has 4 rings (SSSR count). The smallest absolute Gasteiger partial charge is 0.191 e. The minimum Gasteiger partial charge on any atom is -0.510 e. The average Bonchev–Trinajstić information content (AvgIpc) is 3.17. The maximum Gasteiger partial charge on any atom is 0.191 e. The Labute approximate surface area is 159 Å². The quantitative estimate of drug-likeness (QED) is 0.413. The van der Waals surface area contributed by atoms with Gasteiger partial charge in [-0.15, -0.1) is 21.5 Å². The first-order valence-corrected chi connectivity index (χ1v) is 10.3. The summed E-state index contributed by atoms with van der Waals surface area (Å²) in [6.07, 6.45) is 4.42. The summed E-state index contributed by atoms with van der Waals surface area (Å²) >= 11 is 2.82. The summed E-state index contributed by atoms with van der Waals surface area (Å²) < 4.78 is 3.13. The molecule has 1 N–H and O–H groups in total. The minimum atomic E-state index is 0.0301. The monoisotopic (exact) mass is 383 g/mol. The summed E-state index contributed by atoms with van der Waals surface area (Å²) in [4.78, 5) is 4.47. The third kappa shape index (κ3) is 3.32. The van der Waals surface area contributed by atoms with Crippen molar-refractivity contribution in [2.75, 3.05) is 5.75 Å². The molecular formula is C18H17N5OS2. The molecule has 2 aromatic heterocycles. The summed E-state index contributed by atoms with van der Waals surface area (Å²) in [6.45, 7) is 0.915. The van der Waals surface area contributed by atoms with Crippen LogP contribution in [-0.2, 0) is 13.0 Å². The maximum atomic E-state index is 10.5. The Balaban J connectivity index is 1.56. The number of aromatic nitrogens is 4. The van der Waals surface area contributed by atoms with Crippen LogP contribution in [-0.4, -0.2) is 30.6 Å². The number of thiazole rings is 1. The number of allylic oxidation sites excluding steroid dienone is 1. The number of hydrogen-bond donors (Lipinski definition) is 1. The van der Waals surface area contributed by atoms with Crippen LogP contribution in [0.15, 0.2) is 35.2 Å². The molecule has 0 atom stereocenters. The number of benzene rings is 1. The second kappa shape index (κ2) is 7.48. The Kier molecular flexibility index (Phi) is 4.91. The van der Waals surface area contributed by atoms with Gasteiger partial charge in [-0.25, -0.2) is 4.98 Å². The number of fused-ring (bicyclic) bond motifs is 2. The molecule has 1 aliphatic heterocycles. The number of nitriles is 1. The van der Waals surface area contributed by atoms with Gasteiger partial charge in [-0.05, 0) is 25.0 Å². The van der Waals surface area contributed by atoms with E-state index in [0.29, 0.717) is 5.01 Å². The number of nitrogens with zero attached hydrogens (tertiary/aromatic N) is 5. The van der Waals surface area contributed by atoms with Gasteiger partial charge in [0.1, 0.15) is 28.2 Å². The summed E-state index contributed by atoms with van der Waals surface area (Å²) in [7, 11) is 0. The maximum absolute atomic E-state index is 10.5. The fourth-order valence-electron chi connectivity index (χ4n) is 2.99. The van der Waals surface area contributed by atoms with Crippen molar-refractivity contribution in [2.45, 2.75) is 37.4 Å². The first-order valence-electron chi connectivity index (χ1n) is 8.49. The van der Waals surface area contributed by atoms with Crippen LogP contribution < -0.4 is 0 Å². The number of para-hydroxylation sites is 1. The highest BCUT2D eigenvalue weighted by Crippen LogP contribution is 2.30. The molecular weight excluding hydrogens is 366 g/mol. The standard InChI is InChI=1S/C18H17N5OS2/c19-10-12(17-20-13-6-3-4-7-15(13)26-17)14(24)11-25-18-22-21-16-8-2-1-5-9-23(16)18/h3-4,6-7,24H,1-2,5,8-9,11H2. The van der Waals surface area contributed by atoms with Crippen LogP contribution in [0.1, 0.15) is 30.1 Å². The lowest BCUT2D eigenvalue weighted by molar-refractivity contribution is 0.420. The molecule has 3 aromatic rings. The number of aliphatic hydroxyl groups is 1. The summed E-state index contributed by atoms with van der Waals surface area (Å²) in [5.41, 5.74) is 1.07. The summed E-state index contributed by atoms with van der Waals surface area (Å²) in [5.74, 6) is 1.32. The Morgan fingerprint density at radius 2 is 2.15 bits per heavy atom. The number of hydrogen-bond acceptors (Lipinski definition) is 7. The van der Waals surface area contributed by atoms with E-state index in [1.807, 2.05) is 24.3 Å². The van der Waals surface area contributed by atoms with Crippen LogP contribution >= 0.6 is 23.1 Å². The van der Waals surface area contributed by atoms with Crippen molar-refractivity contribution < 1.29 is 5.11 Å². The molecule has 0 radical (unpaired) electrons. The molecule has 8 heteroatoms. The fourth-order valence-corrected chi connectivity index (χ4v) is 4.83. The predicted molar refractivity (Wildman–Crippen MR) is 103 cm³/mol. The van der Waals surface area contributed by atoms with Crippen LogP contribution in [0.5, 0.6) is 0 Å². The van der Waals surface area contributed by atoms with E-state index in [0.717, 1.165) is 47.0 Å². The number of aryl methyl sites for hydroxylation is 1. The highest BCUT2D eigenvalue weighted by atomic mass is 32.2. The van der Waals surface area contributed by atoms with E-state index in [1.54, 1.807) is 0 Å². The van der Waals surface area contributed by atoms with E-state index in [4.69, 9.17) is 0 Å². The molecule has 0 saturated carbocycles. The molecule has 132 valence electrons. The molecule has 0 unspecified atom stereocenters. The zero-order valence-corrected chi connectivity index (χ0v) is 15.7. The van der Waals surface area contributed by atoms with E-state index < -0.39 is 0 Å². The minimum absolute atomic E-state index is 0.0301. The Morgan fingerprint density at radius 1 is 1.27 bits per heavy atom. The Bertz CT molecular complexity index is 981. The Hall–Kier alpha value is -2.37. The molecule has 0 fully saturated rings. The lowest BCUT2D eigenvalue weighted by Gasteiger charge is -2.06. The molecule has 1 aromatic carbocycles. The van der Waals surface area contributed by atoms with Crippen molar-refractivity contribution in [2.24, 2.45) is 0 Å². The van der Waals surface area contributed by atoms with Crippen molar-refractivity contribution in [3.8, 4) is 6.07 Å². The SMILES string of the molecule is N#CC(=C(O)CSc1nnc2n1CCCCC2)c1nc2ccccc2s1. The van der Waals surface area contributed by atoms with Gasteiger partial charge in [0.25, 0.3) is 0 Å². The van der Waals surface area contributed by atoms with E-state index in [9.17, 15) is 10.4 Å². The van der Waals surface area contributed by atoms with Gasteiger partial charge in [-0.3, -0.25) is 0 Å². The van der Waals surface area contributed by atoms with Crippen molar-refractivity contribution in [1.29, 1.82) is 5.26 Å². The zero-order chi connectivity index (χ0) is 17.9. The van der Waals surface area contributed by atoms with Gasteiger partial charge in [0.05, 0.1) is 16.0 Å². The molecule has 1 aliphatic rings. The zero-order valence-electron chi connectivity index (χ0n) is 14.1. The van der Waals surface area contributed by atoms with E-state index in [-0.39, 0.29) is 17.1 Å². The topological polar surface area (TPSA) is 87.6 Å². The molecule has 26 heavy (non-hydrogen) atoms. The summed E-state index contributed by atoms with van der Waals surface area (Å²) in [6, 6.07) is 9.82. The highest BCUT2D eigenvalue weighted by molar-refractivity contribution is 7.99. The largest absolute Gasteiger partial charge is 0.510 e.